The number of epoxide rings is 1. The summed E-state index contributed by atoms with van der Waals surface area (Å²) < 4.78 is 16.6. The number of hydrogen-bond donors (Lipinski definition) is 0. The molecule has 1 aliphatic rings. The van der Waals surface area contributed by atoms with Crippen molar-refractivity contribution in [1.82, 2.24) is 0 Å². The Bertz CT molecular complexity index is 710. The molecular formula is C15H12O3. The standard InChI is InChI=1S/C15H12O3/c1-2-4-14-12(3-1)13-7-10(5-6-15(13)18-14)16-8-11-9-17-11/h1-7,11H,8-9H2/t11-/m1/s1. The highest BCUT2D eigenvalue weighted by Crippen LogP contribution is 2.31. The number of ether oxygens (including phenoxy) is 2. The fourth-order valence-electron chi connectivity index (χ4n) is 2.15. The van der Waals surface area contributed by atoms with Crippen LogP contribution in [0.25, 0.3) is 21.9 Å². The van der Waals surface area contributed by atoms with E-state index in [1.54, 1.807) is 0 Å². The Hall–Kier alpha value is -2.00. The molecule has 0 unspecified atom stereocenters. The SMILES string of the molecule is c1ccc2c(c1)oc1ccc(OC[C@@H]3CO3)cc12. The lowest BCUT2D eigenvalue weighted by Gasteiger charge is -2.03. The van der Waals surface area contributed by atoms with E-state index >= 15 is 0 Å². The zero-order valence-corrected chi connectivity index (χ0v) is 9.76. The van der Waals surface area contributed by atoms with Crippen LogP contribution in [0.15, 0.2) is 46.9 Å². The Labute approximate surface area is 104 Å². The van der Waals surface area contributed by atoms with Gasteiger partial charge in [-0.15, -0.1) is 0 Å². The van der Waals surface area contributed by atoms with Crippen LogP contribution in [-0.2, 0) is 4.74 Å². The second-order valence-corrected chi connectivity index (χ2v) is 4.52. The van der Waals surface area contributed by atoms with E-state index in [-0.39, 0.29) is 6.10 Å². The van der Waals surface area contributed by atoms with Gasteiger partial charge in [-0.25, -0.2) is 0 Å². The van der Waals surface area contributed by atoms with Gasteiger partial charge < -0.3 is 13.9 Å². The molecule has 3 nitrogen and oxygen atoms in total. The van der Waals surface area contributed by atoms with Crippen LogP contribution in [0.4, 0.5) is 0 Å². The minimum atomic E-state index is 0.279. The van der Waals surface area contributed by atoms with Gasteiger partial charge in [0, 0.05) is 10.8 Å². The smallest absolute Gasteiger partial charge is 0.135 e. The van der Waals surface area contributed by atoms with Crippen molar-refractivity contribution in [1.29, 1.82) is 0 Å². The van der Waals surface area contributed by atoms with Crippen molar-refractivity contribution in [3.63, 3.8) is 0 Å². The van der Waals surface area contributed by atoms with E-state index in [1.807, 2.05) is 36.4 Å². The van der Waals surface area contributed by atoms with Crippen LogP contribution < -0.4 is 4.74 Å². The van der Waals surface area contributed by atoms with Gasteiger partial charge in [-0.05, 0) is 24.3 Å². The Morgan fingerprint density at radius 2 is 1.89 bits per heavy atom. The van der Waals surface area contributed by atoms with E-state index < -0.39 is 0 Å². The lowest BCUT2D eigenvalue weighted by atomic mass is 10.1. The third-order valence-corrected chi connectivity index (χ3v) is 3.19. The summed E-state index contributed by atoms with van der Waals surface area (Å²) in [5.74, 6) is 0.865. The summed E-state index contributed by atoms with van der Waals surface area (Å²) in [4.78, 5) is 0. The number of benzene rings is 2. The lowest BCUT2D eigenvalue weighted by molar-refractivity contribution is 0.263. The molecule has 2 aromatic carbocycles. The molecule has 1 saturated heterocycles. The van der Waals surface area contributed by atoms with Crippen molar-refractivity contribution in [3.8, 4) is 5.75 Å². The molecule has 1 fully saturated rings. The second-order valence-electron chi connectivity index (χ2n) is 4.52. The van der Waals surface area contributed by atoms with Crippen molar-refractivity contribution < 1.29 is 13.9 Å². The first-order chi connectivity index (χ1) is 8.90. The van der Waals surface area contributed by atoms with Crippen LogP contribution in [0.5, 0.6) is 5.75 Å². The van der Waals surface area contributed by atoms with Crippen molar-refractivity contribution in [2.75, 3.05) is 13.2 Å². The molecule has 1 aromatic heterocycles. The molecular weight excluding hydrogens is 228 g/mol. The lowest BCUT2D eigenvalue weighted by Crippen LogP contribution is -2.03. The van der Waals surface area contributed by atoms with Crippen molar-refractivity contribution in [3.05, 3.63) is 42.5 Å². The van der Waals surface area contributed by atoms with Crippen LogP contribution in [0.1, 0.15) is 0 Å². The van der Waals surface area contributed by atoms with E-state index in [0.717, 1.165) is 34.3 Å². The summed E-state index contributed by atoms with van der Waals surface area (Å²) in [6.45, 7) is 1.44. The highest BCUT2D eigenvalue weighted by molar-refractivity contribution is 6.05. The van der Waals surface area contributed by atoms with E-state index in [4.69, 9.17) is 13.9 Å². The maximum Gasteiger partial charge on any atom is 0.135 e. The molecule has 3 aromatic rings. The Kier molecular flexibility index (Phi) is 2.08. The molecule has 2 heterocycles. The molecule has 0 amide bonds. The first-order valence-corrected chi connectivity index (χ1v) is 6.06. The highest BCUT2D eigenvalue weighted by Gasteiger charge is 2.23. The number of hydrogen-bond acceptors (Lipinski definition) is 3. The average molecular weight is 240 g/mol. The topological polar surface area (TPSA) is 34.9 Å². The molecule has 0 saturated carbocycles. The first-order valence-electron chi connectivity index (χ1n) is 6.06. The zero-order valence-electron chi connectivity index (χ0n) is 9.76. The van der Waals surface area contributed by atoms with Crippen LogP contribution in [-0.4, -0.2) is 19.3 Å². The summed E-state index contributed by atoms with van der Waals surface area (Å²) in [5.41, 5.74) is 1.81. The summed E-state index contributed by atoms with van der Waals surface area (Å²) in [5, 5.41) is 2.22. The number of fused-ring (bicyclic) bond motifs is 3. The first kappa shape index (κ1) is 9.97. The molecule has 0 N–H and O–H groups in total. The predicted molar refractivity (Wildman–Crippen MR) is 69.0 cm³/mol. The monoisotopic (exact) mass is 240 g/mol. The predicted octanol–water partition coefficient (Wildman–Crippen LogP) is 3.36. The minimum Gasteiger partial charge on any atom is -0.491 e. The summed E-state index contributed by atoms with van der Waals surface area (Å²) in [6.07, 6.45) is 0.279. The van der Waals surface area contributed by atoms with Gasteiger partial charge in [-0.3, -0.25) is 0 Å². The van der Waals surface area contributed by atoms with Crippen LogP contribution >= 0.6 is 0 Å². The maximum absolute atomic E-state index is 5.77. The van der Waals surface area contributed by atoms with Crippen molar-refractivity contribution in [2.45, 2.75) is 6.10 Å². The van der Waals surface area contributed by atoms with Gasteiger partial charge in [-0.2, -0.15) is 0 Å². The molecule has 90 valence electrons. The van der Waals surface area contributed by atoms with Gasteiger partial charge in [0.1, 0.15) is 29.6 Å². The average Bonchev–Trinajstić information content (AvgIpc) is 3.16. The molecule has 1 atom stereocenters. The summed E-state index contributed by atoms with van der Waals surface area (Å²) in [6, 6.07) is 14.0. The maximum atomic E-state index is 5.77. The van der Waals surface area contributed by atoms with Gasteiger partial charge >= 0.3 is 0 Å². The molecule has 0 radical (unpaired) electrons. The fourth-order valence-corrected chi connectivity index (χ4v) is 2.15. The molecule has 1 aliphatic heterocycles. The van der Waals surface area contributed by atoms with Gasteiger partial charge in [0.2, 0.25) is 0 Å². The largest absolute Gasteiger partial charge is 0.491 e. The number of para-hydroxylation sites is 1. The third-order valence-electron chi connectivity index (χ3n) is 3.19. The Balaban J connectivity index is 1.79. The third kappa shape index (κ3) is 1.64. The van der Waals surface area contributed by atoms with E-state index in [2.05, 4.69) is 6.07 Å². The van der Waals surface area contributed by atoms with E-state index in [1.165, 1.54) is 0 Å². The van der Waals surface area contributed by atoms with Crippen LogP contribution in [0.3, 0.4) is 0 Å². The van der Waals surface area contributed by atoms with Gasteiger partial charge in [0.25, 0.3) is 0 Å². The molecule has 3 heteroatoms. The molecule has 4 rings (SSSR count). The Morgan fingerprint density at radius 1 is 1.06 bits per heavy atom. The molecule has 0 aliphatic carbocycles. The van der Waals surface area contributed by atoms with E-state index in [9.17, 15) is 0 Å². The Morgan fingerprint density at radius 3 is 2.78 bits per heavy atom. The van der Waals surface area contributed by atoms with Crippen LogP contribution in [0, 0.1) is 0 Å². The molecule has 18 heavy (non-hydrogen) atoms. The normalized spacial score (nSPS) is 18.3. The molecule has 0 spiro atoms. The van der Waals surface area contributed by atoms with Crippen LogP contribution in [0.2, 0.25) is 0 Å². The molecule has 0 bridgehead atoms. The van der Waals surface area contributed by atoms with E-state index in [0.29, 0.717) is 6.61 Å². The number of rotatable bonds is 3. The van der Waals surface area contributed by atoms with Crippen molar-refractivity contribution in [2.24, 2.45) is 0 Å². The minimum absolute atomic E-state index is 0.279. The summed E-state index contributed by atoms with van der Waals surface area (Å²) in [7, 11) is 0. The van der Waals surface area contributed by atoms with Gasteiger partial charge in [0.05, 0.1) is 6.61 Å². The summed E-state index contributed by atoms with van der Waals surface area (Å²) >= 11 is 0. The quantitative estimate of drug-likeness (QED) is 0.658. The zero-order chi connectivity index (χ0) is 11.9. The second kappa shape index (κ2) is 3.75. The van der Waals surface area contributed by atoms with Crippen molar-refractivity contribution >= 4 is 21.9 Å². The fraction of sp³-hybridized carbons (Fsp3) is 0.200. The highest BCUT2D eigenvalue weighted by atomic mass is 16.6. The van der Waals surface area contributed by atoms with Gasteiger partial charge in [-0.1, -0.05) is 18.2 Å². The van der Waals surface area contributed by atoms with Gasteiger partial charge in [0.15, 0.2) is 0 Å². The number of furan rings is 1.